The summed E-state index contributed by atoms with van der Waals surface area (Å²) in [6, 6.07) is 16.9. The molecule has 7 heteroatoms. The lowest BCUT2D eigenvalue weighted by atomic mass is 9.87. The molecule has 0 aliphatic heterocycles. The van der Waals surface area contributed by atoms with Crippen molar-refractivity contribution >= 4 is 9.84 Å². The average molecular weight is 399 g/mol. The van der Waals surface area contributed by atoms with Crippen LogP contribution in [0.3, 0.4) is 0 Å². The van der Waals surface area contributed by atoms with E-state index in [2.05, 4.69) is 31.0 Å². The van der Waals surface area contributed by atoms with Crippen LogP contribution in [0.2, 0.25) is 0 Å². The summed E-state index contributed by atoms with van der Waals surface area (Å²) in [6.45, 7) is 6.74. The Bertz CT molecular complexity index is 1030. The van der Waals surface area contributed by atoms with Crippen LogP contribution in [-0.4, -0.2) is 29.7 Å². The lowest BCUT2D eigenvalue weighted by Gasteiger charge is -2.19. The Morgan fingerprint density at radius 3 is 2.18 bits per heavy atom. The van der Waals surface area contributed by atoms with E-state index in [4.69, 9.17) is 5.73 Å². The maximum atomic E-state index is 13.1. The molecule has 0 aliphatic carbocycles. The topological polar surface area (TPSA) is 90.9 Å². The van der Waals surface area contributed by atoms with E-state index >= 15 is 0 Å². The van der Waals surface area contributed by atoms with E-state index in [1.807, 2.05) is 54.6 Å². The third-order valence-corrected chi connectivity index (χ3v) is 6.07. The summed E-state index contributed by atoms with van der Waals surface area (Å²) in [5, 5.41) is 8.04. The largest absolute Gasteiger partial charge is 0.330 e. The molecule has 0 saturated carbocycles. The van der Waals surface area contributed by atoms with Crippen molar-refractivity contribution < 1.29 is 8.42 Å². The summed E-state index contributed by atoms with van der Waals surface area (Å²) in [5.41, 5.74) is 8.27. The summed E-state index contributed by atoms with van der Waals surface area (Å²) in [5.74, 6) is 0.403. The van der Waals surface area contributed by atoms with Crippen LogP contribution in [0.4, 0.5) is 0 Å². The first kappa shape index (κ1) is 20.2. The molecule has 2 N–H and O–H groups in total. The lowest BCUT2D eigenvalue weighted by molar-refractivity contribution is 0.581. The molecule has 0 unspecified atom stereocenters. The maximum Gasteiger partial charge on any atom is 0.254 e. The number of sulfone groups is 1. The Kier molecular flexibility index (Phi) is 5.67. The molecular weight excluding hydrogens is 372 g/mol. The first-order chi connectivity index (χ1) is 13.2. The van der Waals surface area contributed by atoms with Gasteiger partial charge in [0.05, 0.1) is 5.75 Å². The fourth-order valence-corrected chi connectivity index (χ4v) is 4.43. The Morgan fingerprint density at radius 1 is 0.964 bits per heavy atom. The van der Waals surface area contributed by atoms with Crippen LogP contribution in [0.5, 0.6) is 0 Å². The molecule has 0 saturated heterocycles. The van der Waals surface area contributed by atoms with E-state index in [-0.39, 0.29) is 16.3 Å². The average Bonchev–Trinajstić information content (AvgIpc) is 3.07. The first-order valence-corrected chi connectivity index (χ1v) is 10.9. The van der Waals surface area contributed by atoms with Gasteiger partial charge in [0.15, 0.2) is 0 Å². The van der Waals surface area contributed by atoms with Crippen LogP contribution in [-0.2, 0) is 27.4 Å². The predicted octanol–water partition coefficient (Wildman–Crippen LogP) is 3.04. The molecule has 3 rings (SSSR count). The minimum atomic E-state index is -3.69. The highest BCUT2D eigenvalue weighted by Gasteiger charge is 2.26. The van der Waals surface area contributed by atoms with E-state index in [1.54, 1.807) is 4.57 Å². The molecule has 0 atom stereocenters. The monoisotopic (exact) mass is 398 g/mol. The van der Waals surface area contributed by atoms with Crippen molar-refractivity contribution in [3.05, 3.63) is 71.5 Å². The number of hydrogen-bond donors (Lipinski definition) is 1. The highest BCUT2D eigenvalue weighted by atomic mass is 32.2. The zero-order valence-corrected chi connectivity index (χ0v) is 17.3. The second kappa shape index (κ2) is 7.85. The van der Waals surface area contributed by atoms with Crippen molar-refractivity contribution in [2.24, 2.45) is 5.73 Å². The Hall–Kier alpha value is -2.51. The van der Waals surface area contributed by atoms with Crippen molar-refractivity contribution in [1.29, 1.82) is 0 Å². The van der Waals surface area contributed by atoms with Crippen LogP contribution in [0.1, 0.15) is 37.7 Å². The van der Waals surface area contributed by atoms with Crippen molar-refractivity contribution in [2.75, 3.05) is 6.54 Å². The third-order valence-electron chi connectivity index (χ3n) is 4.54. The highest BCUT2D eigenvalue weighted by Crippen LogP contribution is 2.24. The molecule has 3 aromatic rings. The standard InChI is InChI=1S/C21H26N4O2S/c1-21(2,3)17-11-9-16(10-12-17)15-28(26,27)20-24-23-19(13-14-22)25(20)18-7-5-4-6-8-18/h4-12H,13-15,22H2,1-3H3. The second-order valence-electron chi connectivity index (χ2n) is 7.81. The zero-order chi connectivity index (χ0) is 20.4. The molecule has 0 radical (unpaired) electrons. The van der Waals surface area contributed by atoms with Gasteiger partial charge in [-0.05, 0) is 35.2 Å². The summed E-state index contributed by atoms with van der Waals surface area (Å²) in [4.78, 5) is 0. The Labute approximate surface area is 166 Å². The van der Waals surface area contributed by atoms with E-state index < -0.39 is 9.84 Å². The normalized spacial score (nSPS) is 12.3. The summed E-state index contributed by atoms with van der Waals surface area (Å²) >= 11 is 0. The second-order valence-corrected chi connectivity index (χ2v) is 9.70. The minimum absolute atomic E-state index is 0.0159. The Balaban J connectivity index is 1.98. The van der Waals surface area contributed by atoms with Gasteiger partial charge >= 0.3 is 0 Å². The molecule has 1 aromatic heterocycles. The number of para-hydroxylation sites is 1. The number of nitrogens with two attached hydrogens (primary N) is 1. The minimum Gasteiger partial charge on any atom is -0.330 e. The van der Waals surface area contributed by atoms with Gasteiger partial charge in [-0.25, -0.2) is 8.42 Å². The molecule has 6 nitrogen and oxygen atoms in total. The molecule has 0 fully saturated rings. The van der Waals surface area contributed by atoms with Gasteiger partial charge < -0.3 is 5.73 Å². The molecule has 0 bridgehead atoms. The highest BCUT2D eigenvalue weighted by molar-refractivity contribution is 7.90. The summed E-state index contributed by atoms with van der Waals surface area (Å²) in [6.07, 6.45) is 0.442. The van der Waals surface area contributed by atoms with E-state index in [1.165, 1.54) is 0 Å². The van der Waals surface area contributed by atoms with Crippen molar-refractivity contribution in [3.8, 4) is 5.69 Å². The van der Waals surface area contributed by atoms with Gasteiger partial charge in [-0.15, -0.1) is 10.2 Å². The van der Waals surface area contributed by atoms with Gasteiger partial charge in [0.25, 0.3) is 5.16 Å². The van der Waals surface area contributed by atoms with Gasteiger partial charge in [-0.1, -0.05) is 63.2 Å². The van der Waals surface area contributed by atoms with E-state index in [0.29, 0.717) is 24.5 Å². The van der Waals surface area contributed by atoms with Crippen molar-refractivity contribution in [3.63, 3.8) is 0 Å². The summed E-state index contributed by atoms with van der Waals surface area (Å²) in [7, 11) is -3.69. The fraction of sp³-hybridized carbons (Fsp3) is 0.333. The number of nitrogens with zero attached hydrogens (tertiary/aromatic N) is 3. The van der Waals surface area contributed by atoms with Crippen LogP contribution < -0.4 is 5.73 Å². The Morgan fingerprint density at radius 2 is 1.61 bits per heavy atom. The van der Waals surface area contributed by atoms with Crippen molar-refractivity contribution in [1.82, 2.24) is 14.8 Å². The number of aromatic nitrogens is 3. The quantitative estimate of drug-likeness (QED) is 0.689. The zero-order valence-electron chi connectivity index (χ0n) is 16.5. The van der Waals surface area contributed by atoms with Crippen LogP contribution in [0, 0.1) is 0 Å². The van der Waals surface area contributed by atoms with Gasteiger partial charge in [0.1, 0.15) is 5.82 Å². The smallest absolute Gasteiger partial charge is 0.254 e. The van der Waals surface area contributed by atoms with Gasteiger partial charge in [0, 0.05) is 12.1 Å². The fourth-order valence-electron chi connectivity index (χ4n) is 3.01. The molecule has 2 aromatic carbocycles. The number of benzene rings is 2. The summed E-state index contributed by atoms with van der Waals surface area (Å²) < 4.78 is 27.9. The number of hydrogen-bond acceptors (Lipinski definition) is 5. The predicted molar refractivity (Wildman–Crippen MR) is 110 cm³/mol. The molecular formula is C21H26N4O2S. The van der Waals surface area contributed by atoms with Crippen molar-refractivity contribution in [2.45, 2.75) is 43.5 Å². The van der Waals surface area contributed by atoms with Crippen LogP contribution in [0.25, 0.3) is 5.69 Å². The van der Waals surface area contributed by atoms with Gasteiger partial charge in [-0.3, -0.25) is 4.57 Å². The first-order valence-electron chi connectivity index (χ1n) is 9.24. The lowest BCUT2D eigenvalue weighted by Crippen LogP contribution is -2.15. The SMILES string of the molecule is CC(C)(C)c1ccc(CS(=O)(=O)c2nnc(CCN)n2-c2ccccc2)cc1. The molecule has 0 amide bonds. The van der Waals surface area contributed by atoms with Gasteiger partial charge in [0.2, 0.25) is 9.84 Å². The van der Waals surface area contributed by atoms with Gasteiger partial charge in [-0.2, -0.15) is 0 Å². The van der Waals surface area contributed by atoms with E-state index in [9.17, 15) is 8.42 Å². The molecule has 28 heavy (non-hydrogen) atoms. The molecule has 1 heterocycles. The molecule has 0 aliphatic rings. The third kappa shape index (κ3) is 4.31. The van der Waals surface area contributed by atoms with Crippen LogP contribution in [0.15, 0.2) is 59.8 Å². The molecule has 148 valence electrons. The molecule has 0 spiro atoms. The maximum absolute atomic E-state index is 13.1. The van der Waals surface area contributed by atoms with Crippen LogP contribution >= 0.6 is 0 Å². The van der Waals surface area contributed by atoms with E-state index in [0.717, 1.165) is 11.1 Å². The number of rotatable bonds is 6.